The number of carbonyl (C=O) groups excluding carboxylic acids is 10. The van der Waals surface area contributed by atoms with Crippen molar-refractivity contribution in [2.75, 3.05) is 59.8 Å². The third kappa shape index (κ3) is 20.5. The van der Waals surface area contributed by atoms with E-state index < -0.39 is 84.5 Å². The van der Waals surface area contributed by atoms with E-state index in [1.165, 1.54) is 47.4 Å². The van der Waals surface area contributed by atoms with Crippen molar-refractivity contribution >= 4 is 76.3 Å². The zero-order valence-corrected chi connectivity index (χ0v) is 53.0. The van der Waals surface area contributed by atoms with Crippen LogP contribution in [0.25, 0.3) is 0 Å². The van der Waals surface area contributed by atoms with E-state index in [-0.39, 0.29) is 80.0 Å². The molecule has 2 aromatic carbocycles. The summed E-state index contributed by atoms with van der Waals surface area (Å²) in [5, 5.41) is 16.6. The SMILES string of the molecule is CC[C@H](C)[C@@H]([C@@H](CC(=O)N1CCC[C@H]1[C@H](OC)[C@@H](C)C(=O)N[C@@H](Cc1ccccc1)c1nccs1)OC)N(C)C(=O)CNC(=O)C(C(C)C)N(C)C(=O)OCc1ccc(NC(=O)CNC(=O)C(NC(=O)CCCCCN2C(=O)C=CC2=O)C(C)C)cc1. The molecule has 5 rings (SSSR count). The van der Waals surface area contributed by atoms with Gasteiger partial charge in [0.1, 0.15) is 23.7 Å². The molecule has 476 valence electrons. The Morgan fingerprint density at radius 2 is 1.44 bits per heavy atom. The van der Waals surface area contributed by atoms with E-state index in [1.807, 2.05) is 56.5 Å². The van der Waals surface area contributed by atoms with Crippen LogP contribution in [0.15, 0.2) is 78.3 Å². The standard InChI is InChI=1S/C63H90N10O13S/c1-12-41(6)57(48(84-10)35-53(78)72-32-19-22-47(72)58(85-11)42(7)59(80)68-46(62-64-30-33-87-62)34-43-20-15-13-16-21-43)70(8)54(79)37-66-61(82)56(40(4)5)71(9)63(83)86-38-44-24-26-45(27-25-44)67-50(75)36-65-60(81)55(39(2)3)69-49(74)23-17-14-18-31-73-51(76)28-29-52(73)77/h13,15-16,20-21,24-30,33,39-42,46-48,55-58H,12,14,17-19,22-23,31-32,34-38H2,1-11H3,(H,65,81)(H,66,82)(H,67,75)(H,68,80)(H,69,74)/t41-,42+,46-,47-,48+,55?,56?,57-,58+/m0/s1. The van der Waals surface area contributed by atoms with Crippen molar-refractivity contribution in [2.24, 2.45) is 23.7 Å². The van der Waals surface area contributed by atoms with Gasteiger partial charge >= 0.3 is 6.09 Å². The first-order valence-electron chi connectivity index (χ1n) is 30.0. The number of likely N-dealkylation sites (N-methyl/N-ethyl adjacent to an activating group) is 2. The first-order chi connectivity index (χ1) is 41.5. The predicted molar refractivity (Wildman–Crippen MR) is 328 cm³/mol. The maximum atomic E-state index is 14.4. The van der Waals surface area contributed by atoms with Crippen LogP contribution in [0.2, 0.25) is 0 Å². The maximum Gasteiger partial charge on any atom is 0.410 e. The van der Waals surface area contributed by atoms with E-state index >= 15 is 0 Å². The van der Waals surface area contributed by atoms with Crippen molar-refractivity contribution in [1.82, 2.24) is 45.9 Å². The fourth-order valence-corrected chi connectivity index (χ4v) is 11.8. The van der Waals surface area contributed by atoms with Crippen LogP contribution in [0.1, 0.15) is 122 Å². The lowest BCUT2D eigenvalue weighted by atomic mass is 9.90. The minimum Gasteiger partial charge on any atom is -0.445 e. The van der Waals surface area contributed by atoms with Crippen LogP contribution in [-0.4, -0.2) is 175 Å². The number of methoxy groups -OCH3 is 2. The van der Waals surface area contributed by atoms with Gasteiger partial charge in [0.25, 0.3) is 11.8 Å². The highest BCUT2D eigenvalue weighted by molar-refractivity contribution is 7.09. The summed E-state index contributed by atoms with van der Waals surface area (Å²) in [4.78, 5) is 142. The quantitative estimate of drug-likeness (QED) is 0.0362. The van der Waals surface area contributed by atoms with Crippen LogP contribution in [0.4, 0.5) is 10.5 Å². The summed E-state index contributed by atoms with van der Waals surface area (Å²) in [6.45, 7) is 12.6. The van der Waals surface area contributed by atoms with Gasteiger partial charge in [-0.15, -0.1) is 11.3 Å². The highest BCUT2D eigenvalue weighted by atomic mass is 32.1. The second-order valence-electron chi connectivity index (χ2n) is 23.1. The van der Waals surface area contributed by atoms with Gasteiger partial charge in [-0.05, 0) is 73.1 Å². The lowest BCUT2D eigenvalue weighted by Crippen LogP contribution is -2.55. The second-order valence-corrected chi connectivity index (χ2v) is 24.0. The Labute approximate surface area is 515 Å². The molecule has 2 unspecified atom stereocenters. The molecule has 1 saturated heterocycles. The Morgan fingerprint density at radius 1 is 0.759 bits per heavy atom. The van der Waals surface area contributed by atoms with Crippen LogP contribution in [0, 0.1) is 23.7 Å². The van der Waals surface area contributed by atoms with Crippen LogP contribution in [-0.2, 0) is 70.4 Å². The molecule has 2 aliphatic heterocycles. The summed E-state index contributed by atoms with van der Waals surface area (Å²) in [7, 11) is 6.12. The minimum atomic E-state index is -1.02. The Balaban J connectivity index is 1.08. The number of rotatable bonds is 34. The number of anilines is 1. The highest BCUT2D eigenvalue weighted by Crippen LogP contribution is 2.31. The molecule has 5 N–H and O–H groups in total. The number of benzene rings is 2. The van der Waals surface area contributed by atoms with Gasteiger partial charge in [0.15, 0.2) is 0 Å². The molecule has 3 heterocycles. The van der Waals surface area contributed by atoms with E-state index in [9.17, 15) is 47.9 Å². The predicted octanol–water partition coefficient (Wildman–Crippen LogP) is 5.55. The fraction of sp³-hybridized carbons (Fsp3) is 0.571. The number of imide groups is 1. The van der Waals surface area contributed by atoms with Gasteiger partial charge in [-0.3, -0.25) is 53.0 Å². The number of likely N-dealkylation sites (tertiary alicyclic amines) is 1. The molecule has 0 spiro atoms. The maximum absolute atomic E-state index is 14.4. The summed E-state index contributed by atoms with van der Waals surface area (Å²) in [5.74, 6) is -4.94. The molecular weight excluding hydrogens is 1140 g/mol. The largest absolute Gasteiger partial charge is 0.445 e. The van der Waals surface area contributed by atoms with Crippen molar-refractivity contribution in [2.45, 2.75) is 155 Å². The molecule has 23 nitrogen and oxygen atoms in total. The molecular formula is C63H90N10O13S. The Bertz CT molecular complexity index is 2800. The van der Waals surface area contributed by atoms with E-state index in [0.717, 1.165) is 15.5 Å². The number of hydrogen-bond donors (Lipinski definition) is 5. The molecule has 0 aliphatic carbocycles. The first kappa shape index (κ1) is 70.2. The molecule has 24 heteroatoms. The molecule has 0 radical (unpaired) electrons. The number of thiazole rings is 1. The Hall–Kier alpha value is -7.57. The van der Waals surface area contributed by atoms with E-state index in [0.29, 0.717) is 62.7 Å². The van der Waals surface area contributed by atoms with Crippen molar-refractivity contribution in [3.63, 3.8) is 0 Å². The van der Waals surface area contributed by atoms with Crippen LogP contribution < -0.4 is 26.6 Å². The molecule has 10 amide bonds. The van der Waals surface area contributed by atoms with Gasteiger partial charge in [0.05, 0.1) is 55.8 Å². The van der Waals surface area contributed by atoms with Gasteiger partial charge in [0, 0.05) is 77.2 Å². The summed E-state index contributed by atoms with van der Waals surface area (Å²) < 4.78 is 17.6. The topological polar surface area (TPSA) is 284 Å². The van der Waals surface area contributed by atoms with Gasteiger partial charge < -0.3 is 50.6 Å². The lowest BCUT2D eigenvalue weighted by molar-refractivity contribution is -0.146. The summed E-state index contributed by atoms with van der Waals surface area (Å²) in [6, 6.07) is 13.1. The number of amides is 10. The molecule has 0 bridgehead atoms. The zero-order chi connectivity index (χ0) is 63.9. The second kappa shape index (κ2) is 34.7. The number of ether oxygens (including phenoxy) is 3. The molecule has 2 aliphatic rings. The Kier molecular flexibility index (Phi) is 28.0. The summed E-state index contributed by atoms with van der Waals surface area (Å²) in [5.41, 5.74) is 2.03. The third-order valence-corrected chi connectivity index (χ3v) is 17.0. The van der Waals surface area contributed by atoms with E-state index in [4.69, 9.17) is 14.2 Å². The fourth-order valence-electron chi connectivity index (χ4n) is 11.1. The van der Waals surface area contributed by atoms with Crippen molar-refractivity contribution in [1.29, 1.82) is 0 Å². The molecule has 0 saturated carbocycles. The average Bonchev–Trinajstić information content (AvgIpc) is 3.47. The first-order valence-corrected chi connectivity index (χ1v) is 30.9. The van der Waals surface area contributed by atoms with E-state index in [2.05, 4.69) is 31.6 Å². The highest BCUT2D eigenvalue weighted by Gasteiger charge is 2.43. The van der Waals surface area contributed by atoms with Crippen LogP contribution in [0.3, 0.4) is 0 Å². The van der Waals surface area contributed by atoms with Crippen LogP contribution >= 0.6 is 11.3 Å². The van der Waals surface area contributed by atoms with Crippen molar-refractivity contribution in [3.05, 3.63) is 94.5 Å². The molecule has 1 aromatic heterocycles. The molecule has 1 fully saturated rings. The number of unbranched alkanes of at least 4 members (excludes halogenated alkanes) is 2. The number of carbonyl (C=O) groups is 10. The monoisotopic (exact) mass is 1230 g/mol. The van der Waals surface area contributed by atoms with Crippen molar-refractivity contribution < 1.29 is 62.2 Å². The third-order valence-electron chi connectivity index (χ3n) is 16.1. The summed E-state index contributed by atoms with van der Waals surface area (Å²) >= 11 is 1.47. The van der Waals surface area contributed by atoms with Gasteiger partial charge in [0.2, 0.25) is 41.4 Å². The molecule has 87 heavy (non-hydrogen) atoms. The number of hydrogen-bond acceptors (Lipinski definition) is 15. The Morgan fingerprint density at radius 3 is 2.05 bits per heavy atom. The number of nitrogens with zero attached hydrogens (tertiary/aromatic N) is 5. The van der Waals surface area contributed by atoms with Crippen molar-refractivity contribution in [3.8, 4) is 0 Å². The average molecular weight is 1230 g/mol. The van der Waals surface area contributed by atoms with Gasteiger partial charge in [-0.2, -0.15) is 0 Å². The van der Waals surface area contributed by atoms with Gasteiger partial charge in [-0.1, -0.05) is 104 Å². The normalized spacial score (nSPS) is 16.7. The minimum absolute atomic E-state index is 0.0546. The molecule has 9 atom stereocenters. The van der Waals surface area contributed by atoms with E-state index in [1.54, 1.807) is 77.2 Å². The van der Waals surface area contributed by atoms with Gasteiger partial charge in [-0.25, -0.2) is 9.78 Å². The summed E-state index contributed by atoms with van der Waals surface area (Å²) in [6.07, 6.45) is 6.30. The lowest BCUT2D eigenvalue weighted by Gasteiger charge is -2.39. The number of aromatic nitrogens is 1. The van der Waals surface area contributed by atoms with Crippen LogP contribution in [0.5, 0.6) is 0 Å². The molecule has 3 aromatic rings. The smallest absolute Gasteiger partial charge is 0.410 e. The number of nitrogens with one attached hydrogen (secondary N) is 5. The zero-order valence-electron chi connectivity index (χ0n) is 52.2.